The van der Waals surface area contributed by atoms with Crippen LogP contribution >= 0.6 is 11.6 Å². The molecule has 5 heteroatoms. The first-order chi connectivity index (χ1) is 7.66. The van der Waals surface area contributed by atoms with Gasteiger partial charge in [-0.15, -0.1) is 0 Å². The maximum atomic E-state index is 11.8. The summed E-state index contributed by atoms with van der Waals surface area (Å²) in [6.45, 7) is 0.833. The predicted octanol–water partition coefficient (Wildman–Crippen LogP) is 1.25. The molecule has 0 aliphatic carbocycles. The SMILES string of the molecule is NC1COCC1C(=O)Nc1ccc(Cl)cc1. The summed E-state index contributed by atoms with van der Waals surface area (Å²) in [4.78, 5) is 11.8. The molecule has 0 saturated carbocycles. The Morgan fingerprint density at radius 3 is 2.62 bits per heavy atom. The van der Waals surface area contributed by atoms with Crippen LogP contribution in [0.2, 0.25) is 5.02 Å². The van der Waals surface area contributed by atoms with Gasteiger partial charge >= 0.3 is 0 Å². The molecule has 1 aliphatic rings. The van der Waals surface area contributed by atoms with Gasteiger partial charge < -0.3 is 15.8 Å². The van der Waals surface area contributed by atoms with Crippen LogP contribution in [0.4, 0.5) is 5.69 Å². The van der Waals surface area contributed by atoms with Crippen LogP contribution in [0, 0.1) is 5.92 Å². The van der Waals surface area contributed by atoms with Gasteiger partial charge in [0.25, 0.3) is 0 Å². The minimum Gasteiger partial charge on any atom is -0.379 e. The maximum Gasteiger partial charge on any atom is 0.231 e. The van der Waals surface area contributed by atoms with E-state index in [4.69, 9.17) is 22.1 Å². The quantitative estimate of drug-likeness (QED) is 0.818. The molecule has 1 aromatic rings. The summed E-state index contributed by atoms with van der Waals surface area (Å²) >= 11 is 5.75. The lowest BCUT2D eigenvalue weighted by Gasteiger charge is -2.13. The van der Waals surface area contributed by atoms with Gasteiger partial charge in [0, 0.05) is 16.8 Å². The summed E-state index contributed by atoms with van der Waals surface area (Å²) in [6, 6.07) is 6.74. The topological polar surface area (TPSA) is 64.3 Å². The zero-order chi connectivity index (χ0) is 11.5. The third-order valence-corrected chi connectivity index (χ3v) is 2.83. The summed E-state index contributed by atoms with van der Waals surface area (Å²) in [7, 11) is 0. The molecule has 1 saturated heterocycles. The highest BCUT2D eigenvalue weighted by atomic mass is 35.5. The molecule has 3 N–H and O–H groups in total. The molecule has 0 bridgehead atoms. The van der Waals surface area contributed by atoms with Gasteiger partial charge in [-0.25, -0.2) is 0 Å². The molecule has 1 amide bonds. The van der Waals surface area contributed by atoms with Crippen molar-refractivity contribution in [2.45, 2.75) is 6.04 Å². The van der Waals surface area contributed by atoms with E-state index < -0.39 is 0 Å². The normalized spacial score (nSPS) is 24.4. The second kappa shape index (κ2) is 4.82. The molecule has 1 heterocycles. The number of anilines is 1. The standard InChI is InChI=1S/C11H13ClN2O2/c12-7-1-3-8(4-2-7)14-11(15)9-5-16-6-10(9)13/h1-4,9-10H,5-6,13H2,(H,14,15). The number of ether oxygens (including phenoxy) is 1. The number of carbonyl (C=O) groups excluding carboxylic acids is 1. The zero-order valence-electron chi connectivity index (χ0n) is 8.65. The highest BCUT2D eigenvalue weighted by Gasteiger charge is 2.31. The largest absolute Gasteiger partial charge is 0.379 e. The van der Waals surface area contributed by atoms with Crippen molar-refractivity contribution in [1.29, 1.82) is 0 Å². The van der Waals surface area contributed by atoms with E-state index in [1.54, 1.807) is 24.3 Å². The summed E-state index contributed by atoms with van der Waals surface area (Å²) in [5, 5.41) is 3.42. The van der Waals surface area contributed by atoms with Gasteiger partial charge in [0.05, 0.1) is 19.1 Å². The number of hydrogen-bond acceptors (Lipinski definition) is 3. The van der Waals surface area contributed by atoms with Crippen LogP contribution in [0.25, 0.3) is 0 Å². The molecule has 16 heavy (non-hydrogen) atoms. The van der Waals surface area contributed by atoms with Crippen molar-refractivity contribution in [3.63, 3.8) is 0 Å². The van der Waals surface area contributed by atoms with Crippen molar-refractivity contribution in [2.75, 3.05) is 18.5 Å². The number of hydrogen-bond donors (Lipinski definition) is 2. The molecule has 1 fully saturated rings. The summed E-state index contributed by atoms with van der Waals surface area (Å²) in [5.74, 6) is -0.372. The van der Waals surface area contributed by atoms with E-state index in [1.165, 1.54) is 0 Å². The molecule has 0 radical (unpaired) electrons. The van der Waals surface area contributed by atoms with Crippen LogP contribution in [-0.4, -0.2) is 25.2 Å². The van der Waals surface area contributed by atoms with Crippen LogP contribution in [0.1, 0.15) is 0 Å². The number of benzene rings is 1. The van der Waals surface area contributed by atoms with Gasteiger partial charge in [-0.2, -0.15) is 0 Å². The molecule has 1 aliphatic heterocycles. The fraction of sp³-hybridized carbons (Fsp3) is 0.364. The van der Waals surface area contributed by atoms with Crippen molar-refractivity contribution < 1.29 is 9.53 Å². The third-order valence-electron chi connectivity index (χ3n) is 2.57. The maximum absolute atomic E-state index is 11.8. The summed E-state index contributed by atoms with van der Waals surface area (Å²) in [6.07, 6.45) is 0. The molecular formula is C11H13ClN2O2. The van der Waals surface area contributed by atoms with E-state index in [1.807, 2.05) is 0 Å². The Morgan fingerprint density at radius 1 is 1.38 bits per heavy atom. The van der Waals surface area contributed by atoms with Gasteiger partial charge in [0.15, 0.2) is 0 Å². The average molecular weight is 241 g/mol. The smallest absolute Gasteiger partial charge is 0.231 e. The monoisotopic (exact) mass is 240 g/mol. The molecule has 2 unspecified atom stereocenters. The molecule has 2 atom stereocenters. The minimum absolute atomic E-state index is 0.104. The van der Waals surface area contributed by atoms with Crippen molar-refractivity contribution in [2.24, 2.45) is 11.7 Å². The van der Waals surface area contributed by atoms with E-state index in [-0.39, 0.29) is 17.9 Å². The van der Waals surface area contributed by atoms with E-state index in [9.17, 15) is 4.79 Å². The van der Waals surface area contributed by atoms with Crippen LogP contribution < -0.4 is 11.1 Å². The van der Waals surface area contributed by atoms with Crippen molar-refractivity contribution in [3.05, 3.63) is 29.3 Å². The van der Waals surface area contributed by atoms with Gasteiger partial charge in [-0.1, -0.05) is 11.6 Å². The Labute approximate surface area is 98.7 Å². The fourth-order valence-corrected chi connectivity index (χ4v) is 1.74. The van der Waals surface area contributed by atoms with E-state index in [0.717, 1.165) is 0 Å². The summed E-state index contributed by atoms with van der Waals surface area (Å²) in [5.41, 5.74) is 6.47. The molecule has 0 aromatic heterocycles. The third kappa shape index (κ3) is 2.52. The Balaban J connectivity index is 1.99. The minimum atomic E-state index is -0.268. The van der Waals surface area contributed by atoms with Crippen LogP contribution in [0.15, 0.2) is 24.3 Å². The second-order valence-electron chi connectivity index (χ2n) is 3.80. The lowest BCUT2D eigenvalue weighted by atomic mass is 10.0. The fourth-order valence-electron chi connectivity index (χ4n) is 1.61. The van der Waals surface area contributed by atoms with Gasteiger partial charge in [0.1, 0.15) is 0 Å². The van der Waals surface area contributed by atoms with Crippen LogP contribution in [0.3, 0.4) is 0 Å². The van der Waals surface area contributed by atoms with Crippen LogP contribution in [-0.2, 0) is 9.53 Å². The first-order valence-corrected chi connectivity index (χ1v) is 5.44. The predicted molar refractivity (Wildman–Crippen MR) is 62.4 cm³/mol. The number of rotatable bonds is 2. The molecular weight excluding hydrogens is 228 g/mol. The molecule has 1 aromatic carbocycles. The molecule has 86 valence electrons. The van der Waals surface area contributed by atoms with Crippen molar-refractivity contribution >= 4 is 23.2 Å². The lowest BCUT2D eigenvalue weighted by molar-refractivity contribution is -0.120. The number of carbonyl (C=O) groups is 1. The second-order valence-corrected chi connectivity index (χ2v) is 4.24. The molecule has 4 nitrogen and oxygen atoms in total. The highest BCUT2D eigenvalue weighted by Crippen LogP contribution is 2.17. The number of nitrogens with two attached hydrogens (primary N) is 1. The zero-order valence-corrected chi connectivity index (χ0v) is 9.41. The average Bonchev–Trinajstić information content (AvgIpc) is 2.68. The van der Waals surface area contributed by atoms with Crippen molar-refractivity contribution in [1.82, 2.24) is 0 Å². The van der Waals surface area contributed by atoms with Gasteiger partial charge in [-0.05, 0) is 24.3 Å². The Hall–Kier alpha value is -1.10. The van der Waals surface area contributed by atoms with Gasteiger partial charge in [-0.3, -0.25) is 4.79 Å². The highest BCUT2D eigenvalue weighted by molar-refractivity contribution is 6.30. The van der Waals surface area contributed by atoms with Gasteiger partial charge in [0.2, 0.25) is 5.91 Å². The number of nitrogens with one attached hydrogen (secondary N) is 1. The van der Waals surface area contributed by atoms with Crippen LogP contribution in [0.5, 0.6) is 0 Å². The number of amides is 1. The van der Waals surface area contributed by atoms with Crippen molar-refractivity contribution in [3.8, 4) is 0 Å². The molecule has 2 rings (SSSR count). The van der Waals surface area contributed by atoms with E-state index in [0.29, 0.717) is 23.9 Å². The Bertz CT molecular complexity index is 380. The molecule has 0 spiro atoms. The Morgan fingerprint density at radius 2 is 2.06 bits per heavy atom. The first-order valence-electron chi connectivity index (χ1n) is 5.06. The first kappa shape index (κ1) is 11.4. The van der Waals surface area contributed by atoms with E-state index in [2.05, 4.69) is 5.32 Å². The Kier molecular flexibility index (Phi) is 3.43. The van der Waals surface area contributed by atoms with E-state index >= 15 is 0 Å². The summed E-state index contributed by atoms with van der Waals surface area (Å²) < 4.78 is 5.14. The lowest BCUT2D eigenvalue weighted by Crippen LogP contribution is -2.37. The number of halogens is 1.